The number of ether oxygens (including phenoxy) is 1. The summed E-state index contributed by atoms with van der Waals surface area (Å²) in [6.45, 7) is 0. The van der Waals surface area contributed by atoms with Crippen molar-refractivity contribution in [3.05, 3.63) is 71.0 Å². The van der Waals surface area contributed by atoms with Crippen LogP contribution in [0, 0.1) is 0 Å². The lowest BCUT2D eigenvalue weighted by Crippen LogP contribution is -2.08. The summed E-state index contributed by atoms with van der Waals surface area (Å²) in [6, 6.07) is 15.6. The number of esters is 1. The van der Waals surface area contributed by atoms with E-state index < -0.39 is 0 Å². The second-order valence-corrected chi connectivity index (χ2v) is 6.44. The molecule has 0 aliphatic heterocycles. The third-order valence-corrected chi connectivity index (χ3v) is 4.17. The maximum atomic E-state index is 11.9. The maximum Gasteiger partial charge on any atom is 0.311 e. The molecule has 0 unspecified atom stereocenters. The minimum absolute atomic E-state index is 0.241. The van der Waals surface area contributed by atoms with E-state index in [0.29, 0.717) is 18.6 Å². The Bertz CT molecular complexity index is 823. The standard InChI is InChI=1S/C19H17BrN2O2/c1-22-13-14(12-21-22)2-11-19(23)24-18-9-5-16(6-10-18)15-3-7-17(20)8-4-15/h3-10,12-13H,2,11H2,1H3. The van der Waals surface area contributed by atoms with E-state index in [1.54, 1.807) is 10.9 Å². The Kier molecular flexibility index (Phi) is 5.11. The summed E-state index contributed by atoms with van der Waals surface area (Å²) < 4.78 is 8.15. The number of carbonyl (C=O) groups excluding carboxylic acids is 1. The highest BCUT2D eigenvalue weighted by Crippen LogP contribution is 2.24. The molecule has 4 nitrogen and oxygen atoms in total. The van der Waals surface area contributed by atoms with Gasteiger partial charge in [0.25, 0.3) is 0 Å². The molecule has 24 heavy (non-hydrogen) atoms. The topological polar surface area (TPSA) is 44.1 Å². The van der Waals surface area contributed by atoms with Crippen LogP contribution in [0.1, 0.15) is 12.0 Å². The van der Waals surface area contributed by atoms with Gasteiger partial charge >= 0.3 is 5.97 Å². The van der Waals surface area contributed by atoms with Crippen molar-refractivity contribution in [2.45, 2.75) is 12.8 Å². The first kappa shape index (κ1) is 16.5. The molecule has 0 fully saturated rings. The van der Waals surface area contributed by atoms with Crippen LogP contribution < -0.4 is 4.74 Å². The average molecular weight is 385 g/mol. The number of halogens is 1. The predicted octanol–water partition coefficient (Wildman–Crippen LogP) is 4.39. The van der Waals surface area contributed by atoms with Crippen molar-refractivity contribution in [1.29, 1.82) is 0 Å². The van der Waals surface area contributed by atoms with Crippen LogP contribution in [0.5, 0.6) is 5.75 Å². The van der Waals surface area contributed by atoms with Gasteiger partial charge in [-0.05, 0) is 47.4 Å². The monoisotopic (exact) mass is 384 g/mol. The van der Waals surface area contributed by atoms with Crippen molar-refractivity contribution in [2.75, 3.05) is 0 Å². The molecule has 1 heterocycles. The Labute approximate surface area is 149 Å². The van der Waals surface area contributed by atoms with Crippen molar-refractivity contribution in [2.24, 2.45) is 7.05 Å². The quantitative estimate of drug-likeness (QED) is 0.484. The lowest BCUT2D eigenvalue weighted by Gasteiger charge is -2.06. The number of hydrogen-bond acceptors (Lipinski definition) is 3. The fourth-order valence-electron chi connectivity index (χ4n) is 2.39. The molecule has 0 amide bonds. The van der Waals surface area contributed by atoms with Crippen LogP contribution in [-0.4, -0.2) is 15.7 Å². The maximum absolute atomic E-state index is 11.9. The average Bonchev–Trinajstić information content (AvgIpc) is 3.00. The number of aryl methyl sites for hydroxylation is 2. The van der Waals surface area contributed by atoms with Crippen LogP contribution in [0.25, 0.3) is 11.1 Å². The minimum Gasteiger partial charge on any atom is -0.427 e. The second kappa shape index (κ2) is 7.45. The SMILES string of the molecule is Cn1cc(CCC(=O)Oc2ccc(-c3ccc(Br)cc3)cc2)cn1. The van der Waals surface area contributed by atoms with Gasteiger partial charge in [-0.3, -0.25) is 9.48 Å². The van der Waals surface area contributed by atoms with Crippen molar-refractivity contribution in [1.82, 2.24) is 9.78 Å². The smallest absolute Gasteiger partial charge is 0.311 e. The van der Waals surface area contributed by atoms with Gasteiger partial charge in [-0.25, -0.2) is 0 Å². The lowest BCUT2D eigenvalue weighted by molar-refractivity contribution is -0.134. The third-order valence-electron chi connectivity index (χ3n) is 3.64. The second-order valence-electron chi connectivity index (χ2n) is 5.53. The normalized spacial score (nSPS) is 10.6. The molecular weight excluding hydrogens is 368 g/mol. The summed E-state index contributed by atoms with van der Waals surface area (Å²) in [5, 5.41) is 4.08. The molecule has 0 saturated carbocycles. The number of hydrogen-bond donors (Lipinski definition) is 0. The summed E-state index contributed by atoms with van der Waals surface area (Å²) in [5.74, 6) is 0.322. The lowest BCUT2D eigenvalue weighted by atomic mass is 10.1. The summed E-state index contributed by atoms with van der Waals surface area (Å²) in [5.41, 5.74) is 3.23. The van der Waals surface area contributed by atoms with Crippen molar-refractivity contribution in [3.63, 3.8) is 0 Å². The first-order valence-electron chi connectivity index (χ1n) is 7.64. The molecule has 122 valence electrons. The summed E-state index contributed by atoms with van der Waals surface area (Å²) in [4.78, 5) is 11.9. The summed E-state index contributed by atoms with van der Waals surface area (Å²) in [6.07, 6.45) is 4.63. The van der Waals surface area contributed by atoms with Crippen LogP contribution in [-0.2, 0) is 18.3 Å². The Morgan fingerprint density at radius 3 is 2.29 bits per heavy atom. The van der Waals surface area contributed by atoms with Crippen LogP contribution >= 0.6 is 15.9 Å². The molecule has 3 aromatic rings. The fraction of sp³-hybridized carbons (Fsp3) is 0.158. The zero-order valence-electron chi connectivity index (χ0n) is 13.3. The van der Waals surface area contributed by atoms with Crippen LogP contribution in [0.2, 0.25) is 0 Å². The summed E-state index contributed by atoms with van der Waals surface area (Å²) >= 11 is 3.43. The van der Waals surface area contributed by atoms with Crippen molar-refractivity contribution < 1.29 is 9.53 Å². The van der Waals surface area contributed by atoms with E-state index in [-0.39, 0.29) is 5.97 Å². The van der Waals surface area contributed by atoms with E-state index in [0.717, 1.165) is 21.2 Å². The molecule has 2 aromatic carbocycles. The molecule has 0 spiro atoms. The number of rotatable bonds is 5. The fourth-order valence-corrected chi connectivity index (χ4v) is 2.65. The first-order chi connectivity index (χ1) is 11.6. The molecule has 0 atom stereocenters. The van der Waals surface area contributed by atoms with Gasteiger partial charge < -0.3 is 4.74 Å². The zero-order valence-corrected chi connectivity index (χ0v) is 14.9. The minimum atomic E-state index is -0.241. The van der Waals surface area contributed by atoms with Gasteiger partial charge in [0.1, 0.15) is 5.75 Å². The molecule has 0 radical (unpaired) electrons. The number of aromatic nitrogens is 2. The third kappa shape index (κ3) is 4.32. The van der Waals surface area contributed by atoms with Gasteiger partial charge in [-0.2, -0.15) is 5.10 Å². The van der Waals surface area contributed by atoms with E-state index in [2.05, 4.69) is 21.0 Å². The molecule has 1 aromatic heterocycles. The Morgan fingerprint density at radius 2 is 1.71 bits per heavy atom. The van der Waals surface area contributed by atoms with E-state index in [4.69, 9.17) is 4.74 Å². The van der Waals surface area contributed by atoms with Gasteiger partial charge in [0.15, 0.2) is 0 Å². The molecular formula is C19H17BrN2O2. The number of carbonyl (C=O) groups is 1. The van der Waals surface area contributed by atoms with Gasteiger partial charge in [0.2, 0.25) is 0 Å². The molecule has 3 rings (SSSR count). The van der Waals surface area contributed by atoms with Crippen molar-refractivity contribution >= 4 is 21.9 Å². The Balaban J connectivity index is 1.57. The van der Waals surface area contributed by atoms with Crippen LogP contribution in [0.4, 0.5) is 0 Å². The molecule has 0 aliphatic rings. The van der Waals surface area contributed by atoms with Crippen molar-refractivity contribution in [3.8, 4) is 16.9 Å². The van der Waals surface area contributed by atoms with Crippen LogP contribution in [0.3, 0.4) is 0 Å². The molecule has 5 heteroatoms. The van der Waals surface area contributed by atoms with Gasteiger partial charge in [-0.1, -0.05) is 40.2 Å². The largest absolute Gasteiger partial charge is 0.427 e. The predicted molar refractivity (Wildman–Crippen MR) is 96.7 cm³/mol. The molecule has 0 bridgehead atoms. The molecule has 0 N–H and O–H groups in total. The van der Waals surface area contributed by atoms with Gasteiger partial charge in [0, 0.05) is 17.7 Å². The number of benzene rings is 2. The van der Waals surface area contributed by atoms with Gasteiger partial charge in [-0.15, -0.1) is 0 Å². The molecule has 0 saturated heterocycles. The zero-order chi connectivity index (χ0) is 16.9. The highest BCUT2D eigenvalue weighted by atomic mass is 79.9. The first-order valence-corrected chi connectivity index (χ1v) is 8.44. The van der Waals surface area contributed by atoms with Gasteiger partial charge in [0.05, 0.1) is 12.6 Å². The van der Waals surface area contributed by atoms with Crippen LogP contribution in [0.15, 0.2) is 65.4 Å². The Hall–Kier alpha value is -2.40. The highest BCUT2D eigenvalue weighted by molar-refractivity contribution is 9.10. The van der Waals surface area contributed by atoms with E-state index in [1.807, 2.05) is 61.8 Å². The molecule has 0 aliphatic carbocycles. The Morgan fingerprint density at radius 1 is 1.08 bits per heavy atom. The number of nitrogens with zero attached hydrogens (tertiary/aromatic N) is 2. The van der Waals surface area contributed by atoms with E-state index in [9.17, 15) is 4.79 Å². The van der Waals surface area contributed by atoms with E-state index >= 15 is 0 Å². The van der Waals surface area contributed by atoms with E-state index in [1.165, 1.54) is 0 Å². The summed E-state index contributed by atoms with van der Waals surface area (Å²) in [7, 11) is 1.86. The highest BCUT2D eigenvalue weighted by Gasteiger charge is 2.07.